The Hall–Kier alpha value is -0.540. The van der Waals surface area contributed by atoms with Gasteiger partial charge in [0.25, 0.3) is 0 Å². The Labute approximate surface area is 119 Å². The fourth-order valence-corrected chi connectivity index (χ4v) is 2.40. The molecule has 1 aromatic carbocycles. The van der Waals surface area contributed by atoms with E-state index in [1.807, 2.05) is 6.07 Å². The first-order chi connectivity index (χ1) is 8.54. The minimum atomic E-state index is 0.283. The predicted molar refractivity (Wildman–Crippen MR) is 81.3 cm³/mol. The van der Waals surface area contributed by atoms with Gasteiger partial charge in [0.05, 0.1) is 7.11 Å². The molecule has 0 heterocycles. The van der Waals surface area contributed by atoms with E-state index in [2.05, 4.69) is 54.2 Å². The third kappa shape index (κ3) is 4.29. The van der Waals surface area contributed by atoms with Gasteiger partial charge in [0.15, 0.2) is 0 Å². The van der Waals surface area contributed by atoms with E-state index < -0.39 is 0 Å². The molecule has 1 N–H and O–H groups in total. The summed E-state index contributed by atoms with van der Waals surface area (Å²) in [6.45, 7) is 8.81. The van der Waals surface area contributed by atoms with Gasteiger partial charge in [-0.25, -0.2) is 0 Å². The van der Waals surface area contributed by atoms with Crippen LogP contribution in [0.1, 0.15) is 32.8 Å². The van der Waals surface area contributed by atoms with Gasteiger partial charge >= 0.3 is 0 Å². The Balaban J connectivity index is 2.86. The van der Waals surface area contributed by atoms with E-state index in [4.69, 9.17) is 4.74 Å². The molecule has 0 aliphatic carbocycles. The maximum atomic E-state index is 5.30. The van der Waals surface area contributed by atoms with E-state index in [0.29, 0.717) is 0 Å². The van der Waals surface area contributed by atoms with Gasteiger partial charge in [-0.2, -0.15) is 0 Å². The monoisotopic (exact) mass is 313 g/mol. The fourth-order valence-electron chi connectivity index (χ4n) is 2.01. The zero-order valence-corrected chi connectivity index (χ0v) is 13.4. The van der Waals surface area contributed by atoms with Crippen LogP contribution in [0.3, 0.4) is 0 Å². The highest BCUT2D eigenvalue weighted by Crippen LogP contribution is 2.31. The van der Waals surface area contributed by atoms with Crippen LogP contribution < -0.4 is 10.1 Å². The van der Waals surface area contributed by atoms with Gasteiger partial charge < -0.3 is 10.1 Å². The standard InChI is InChI=1S/C15H24BrNO/c1-5-15(3,11-17-6-2)10-12-9-13(18-4)7-8-14(12)16/h7-9,17H,5-6,10-11H2,1-4H3. The first-order valence-electron chi connectivity index (χ1n) is 6.57. The van der Waals surface area contributed by atoms with Crippen molar-refractivity contribution in [3.63, 3.8) is 0 Å². The molecule has 1 atom stereocenters. The van der Waals surface area contributed by atoms with Gasteiger partial charge in [-0.1, -0.05) is 36.7 Å². The highest BCUT2D eigenvalue weighted by molar-refractivity contribution is 9.10. The predicted octanol–water partition coefficient (Wildman–Crippen LogP) is 4.03. The Morgan fingerprint density at radius 3 is 2.61 bits per heavy atom. The van der Waals surface area contributed by atoms with E-state index in [9.17, 15) is 0 Å². The molecule has 102 valence electrons. The van der Waals surface area contributed by atoms with Crippen LogP contribution in [0.5, 0.6) is 5.75 Å². The molecule has 0 spiro atoms. The number of benzene rings is 1. The Morgan fingerprint density at radius 2 is 2.06 bits per heavy atom. The summed E-state index contributed by atoms with van der Waals surface area (Å²) in [4.78, 5) is 0. The van der Waals surface area contributed by atoms with Crippen molar-refractivity contribution in [2.45, 2.75) is 33.6 Å². The number of nitrogens with one attached hydrogen (secondary N) is 1. The highest BCUT2D eigenvalue weighted by Gasteiger charge is 2.23. The average molecular weight is 314 g/mol. The summed E-state index contributed by atoms with van der Waals surface area (Å²) in [5.41, 5.74) is 1.60. The largest absolute Gasteiger partial charge is 0.497 e. The van der Waals surface area contributed by atoms with Crippen molar-refractivity contribution in [3.8, 4) is 5.75 Å². The van der Waals surface area contributed by atoms with Crippen LogP contribution in [0.4, 0.5) is 0 Å². The zero-order chi connectivity index (χ0) is 13.6. The fraction of sp³-hybridized carbons (Fsp3) is 0.600. The summed E-state index contributed by atoms with van der Waals surface area (Å²) in [6, 6.07) is 6.18. The van der Waals surface area contributed by atoms with E-state index in [-0.39, 0.29) is 5.41 Å². The number of halogens is 1. The van der Waals surface area contributed by atoms with Crippen molar-refractivity contribution >= 4 is 15.9 Å². The third-order valence-corrected chi connectivity index (χ3v) is 4.30. The molecule has 0 aliphatic heterocycles. The Bertz CT molecular complexity index is 381. The molecule has 0 amide bonds. The quantitative estimate of drug-likeness (QED) is 0.820. The summed E-state index contributed by atoms with van der Waals surface area (Å²) >= 11 is 3.63. The molecule has 2 nitrogen and oxygen atoms in total. The molecule has 1 rings (SSSR count). The Kier molecular flexibility index (Phi) is 6.16. The van der Waals surface area contributed by atoms with Crippen LogP contribution in [-0.2, 0) is 6.42 Å². The molecule has 0 saturated carbocycles. The first-order valence-corrected chi connectivity index (χ1v) is 7.37. The smallest absolute Gasteiger partial charge is 0.119 e. The van der Waals surface area contributed by atoms with Crippen molar-refractivity contribution in [3.05, 3.63) is 28.2 Å². The lowest BCUT2D eigenvalue weighted by molar-refractivity contribution is 0.292. The topological polar surface area (TPSA) is 21.3 Å². The molecule has 0 fully saturated rings. The van der Waals surface area contributed by atoms with E-state index in [0.717, 1.165) is 31.7 Å². The summed E-state index contributed by atoms with van der Waals surface area (Å²) < 4.78 is 6.47. The van der Waals surface area contributed by atoms with Crippen molar-refractivity contribution in [2.24, 2.45) is 5.41 Å². The van der Waals surface area contributed by atoms with Crippen molar-refractivity contribution < 1.29 is 4.74 Å². The minimum Gasteiger partial charge on any atom is -0.497 e. The van der Waals surface area contributed by atoms with Gasteiger partial charge in [0.1, 0.15) is 5.75 Å². The zero-order valence-electron chi connectivity index (χ0n) is 11.8. The summed E-state index contributed by atoms with van der Waals surface area (Å²) in [6.07, 6.45) is 2.21. The number of rotatable bonds is 7. The number of hydrogen-bond acceptors (Lipinski definition) is 2. The SMILES string of the molecule is CCNCC(C)(CC)Cc1cc(OC)ccc1Br. The van der Waals surface area contributed by atoms with Crippen LogP contribution in [-0.4, -0.2) is 20.2 Å². The minimum absolute atomic E-state index is 0.283. The van der Waals surface area contributed by atoms with E-state index >= 15 is 0 Å². The van der Waals surface area contributed by atoms with Crippen LogP contribution in [0.25, 0.3) is 0 Å². The van der Waals surface area contributed by atoms with Gasteiger partial charge in [-0.15, -0.1) is 0 Å². The highest BCUT2D eigenvalue weighted by atomic mass is 79.9. The van der Waals surface area contributed by atoms with Crippen LogP contribution in [0, 0.1) is 5.41 Å². The lowest BCUT2D eigenvalue weighted by Gasteiger charge is -2.29. The van der Waals surface area contributed by atoms with Gasteiger partial charge in [-0.3, -0.25) is 0 Å². The first kappa shape index (κ1) is 15.5. The second-order valence-electron chi connectivity index (χ2n) is 5.08. The third-order valence-electron chi connectivity index (χ3n) is 3.53. The molecule has 0 radical (unpaired) electrons. The van der Waals surface area contributed by atoms with Gasteiger partial charge in [0, 0.05) is 11.0 Å². The maximum Gasteiger partial charge on any atom is 0.119 e. The van der Waals surface area contributed by atoms with E-state index in [1.165, 1.54) is 10.0 Å². The van der Waals surface area contributed by atoms with Crippen LogP contribution >= 0.6 is 15.9 Å². The number of methoxy groups -OCH3 is 1. The average Bonchev–Trinajstić information content (AvgIpc) is 2.39. The second-order valence-corrected chi connectivity index (χ2v) is 5.93. The molecule has 0 aromatic heterocycles. The molecule has 0 aliphatic rings. The summed E-state index contributed by atoms with van der Waals surface area (Å²) in [7, 11) is 1.71. The Morgan fingerprint density at radius 1 is 1.33 bits per heavy atom. The van der Waals surface area contributed by atoms with Crippen molar-refractivity contribution in [2.75, 3.05) is 20.2 Å². The number of hydrogen-bond donors (Lipinski definition) is 1. The molecular formula is C15H24BrNO. The summed E-state index contributed by atoms with van der Waals surface area (Å²) in [5, 5.41) is 3.46. The second kappa shape index (κ2) is 7.15. The summed E-state index contributed by atoms with van der Waals surface area (Å²) in [5.74, 6) is 0.926. The maximum absolute atomic E-state index is 5.30. The van der Waals surface area contributed by atoms with Crippen molar-refractivity contribution in [1.29, 1.82) is 0 Å². The number of ether oxygens (including phenoxy) is 1. The van der Waals surface area contributed by atoms with Gasteiger partial charge in [-0.05, 0) is 48.6 Å². The molecular weight excluding hydrogens is 290 g/mol. The van der Waals surface area contributed by atoms with E-state index in [1.54, 1.807) is 7.11 Å². The van der Waals surface area contributed by atoms with Crippen LogP contribution in [0.2, 0.25) is 0 Å². The molecule has 0 saturated heterocycles. The van der Waals surface area contributed by atoms with Gasteiger partial charge in [0.2, 0.25) is 0 Å². The molecule has 1 unspecified atom stereocenters. The normalized spacial score (nSPS) is 14.3. The molecule has 3 heteroatoms. The lowest BCUT2D eigenvalue weighted by Crippen LogP contribution is -2.33. The molecule has 18 heavy (non-hydrogen) atoms. The lowest BCUT2D eigenvalue weighted by atomic mass is 9.81. The molecule has 0 bridgehead atoms. The molecule has 1 aromatic rings. The van der Waals surface area contributed by atoms with Crippen LogP contribution in [0.15, 0.2) is 22.7 Å². The van der Waals surface area contributed by atoms with Crippen molar-refractivity contribution in [1.82, 2.24) is 5.32 Å².